The van der Waals surface area contributed by atoms with Crippen LogP contribution in [-0.2, 0) is 0 Å². The van der Waals surface area contributed by atoms with Crippen molar-refractivity contribution >= 4 is 43.6 Å². The van der Waals surface area contributed by atoms with E-state index in [4.69, 9.17) is 0 Å². The molecule has 7 nitrogen and oxygen atoms in total. The normalized spacial score (nSPS) is 11.6. The number of halogens is 5. The third-order valence-corrected chi connectivity index (χ3v) is 10.2. The molecule has 0 unspecified atom stereocenters. The minimum atomic E-state index is -2.28. The first-order chi connectivity index (χ1) is 27.8. The highest BCUT2D eigenvalue weighted by atomic mass is 19.2. The van der Waals surface area contributed by atoms with Gasteiger partial charge in [-0.3, -0.25) is 9.97 Å². The molecule has 0 N–H and O–H groups in total. The largest absolute Gasteiger partial charge is 0.308 e. The number of hydrogen-bond acceptors (Lipinski definition) is 5. The Kier molecular flexibility index (Phi) is 7.65. The van der Waals surface area contributed by atoms with Crippen LogP contribution in [0.2, 0.25) is 0 Å². The number of hydrogen-bond donors (Lipinski definition) is 0. The smallest absolute Gasteiger partial charge is 0.200 e. The Morgan fingerprint density at radius 2 is 1.00 bits per heavy atom. The van der Waals surface area contributed by atoms with Gasteiger partial charge >= 0.3 is 0 Å². The second-order valence-corrected chi connectivity index (χ2v) is 13.3. The summed E-state index contributed by atoms with van der Waals surface area (Å²) in [5.74, 6) is -10.1. The van der Waals surface area contributed by atoms with E-state index in [0.29, 0.717) is 44.7 Å². The number of nitrogens with zero attached hydrogens (tertiary/aromatic N) is 7. The number of aromatic nitrogens is 6. The highest BCUT2D eigenvalue weighted by Crippen LogP contribution is 2.43. The first kappa shape index (κ1) is 33.8. The molecule has 10 aromatic rings. The molecule has 0 saturated heterocycles. The van der Waals surface area contributed by atoms with E-state index in [1.54, 1.807) is 52.3 Å². The lowest BCUT2D eigenvalue weighted by Gasteiger charge is -2.19. The van der Waals surface area contributed by atoms with Gasteiger partial charge in [0.15, 0.2) is 29.1 Å². The Morgan fingerprint density at radius 1 is 0.474 bits per heavy atom. The summed E-state index contributed by atoms with van der Waals surface area (Å²) >= 11 is 0. The summed E-state index contributed by atoms with van der Waals surface area (Å²) in [6.07, 6.45) is 7.93. The van der Waals surface area contributed by atoms with Crippen molar-refractivity contribution in [2.75, 3.05) is 0 Å². The number of fused-ring (bicyclic) bond motifs is 6. The molecule has 0 spiro atoms. The zero-order valence-corrected chi connectivity index (χ0v) is 29.2. The molecule has 0 aliphatic heterocycles. The second kappa shape index (κ2) is 12.9. The third-order valence-electron chi connectivity index (χ3n) is 10.2. The van der Waals surface area contributed by atoms with Crippen molar-refractivity contribution in [1.82, 2.24) is 29.1 Å². The van der Waals surface area contributed by atoms with Crippen LogP contribution < -0.4 is 0 Å². The summed E-state index contributed by atoms with van der Waals surface area (Å²) in [5.41, 5.74) is 3.10. The number of nitriles is 1. The van der Waals surface area contributed by atoms with Crippen LogP contribution in [0.5, 0.6) is 0 Å². The molecule has 0 aliphatic rings. The maximum absolute atomic E-state index is 15.9. The fourth-order valence-corrected chi connectivity index (χ4v) is 7.74. The summed E-state index contributed by atoms with van der Waals surface area (Å²) in [5, 5.41) is 14.3. The van der Waals surface area contributed by atoms with E-state index < -0.39 is 34.6 Å². The molecule has 0 fully saturated rings. The van der Waals surface area contributed by atoms with E-state index in [0.717, 1.165) is 21.5 Å². The molecule has 0 saturated carbocycles. The Morgan fingerprint density at radius 3 is 1.56 bits per heavy atom. The molecule has 4 heterocycles. The van der Waals surface area contributed by atoms with Gasteiger partial charge in [0.05, 0.1) is 50.9 Å². The van der Waals surface area contributed by atoms with Crippen LogP contribution in [0.25, 0.3) is 88.8 Å². The van der Waals surface area contributed by atoms with Crippen LogP contribution in [0.4, 0.5) is 22.0 Å². The van der Waals surface area contributed by atoms with E-state index in [-0.39, 0.29) is 22.5 Å². The van der Waals surface area contributed by atoms with Crippen molar-refractivity contribution in [2.24, 2.45) is 0 Å². The van der Waals surface area contributed by atoms with Crippen LogP contribution in [0.1, 0.15) is 5.56 Å². The van der Waals surface area contributed by atoms with Gasteiger partial charge in [-0.15, -0.1) is 0 Å². The predicted molar refractivity (Wildman–Crippen MR) is 207 cm³/mol. The summed E-state index contributed by atoms with van der Waals surface area (Å²) in [6.45, 7) is 0. The third kappa shape index (κ3) is 5.09. The quantitative estimate of drug-likeness (QED) is 0.0992. The fraction of sp³-hybridized carbons (Fsp3) is 0. The molecule has 0 atom stereocenters. The molecule has 57 heavy (non-hydrogen) atoms. The van der Waals surface area contributed by atoms with Gasteiger partial charge in [-0.25, -0.2) is 31.9 Å². The van der Waals surface area contributed by atoms with Gasteiger partial charge in [-0.05, 0) is 48.0 Å². The molecule has 10 rings (SSSR count). The maximum atomic E-state index is 15.9. The monoisotopic (exact) mass is 755 g/mol. The van der Waals surface area contributed by atoms with Gasteiger partial charge in [0.25, 0.3) is 0 Å². The fourth-order valence-electron chi connectivity index (χ4n) is 7.74. The molecule has 6 aromatic carbocycles. The zero-order valence-electron chi connectivity index (χ0n) is 29.2. The topological polar surface area (TPSA) is 85.2 Å². The van der Waals surface area contributed by atoms with Crippen molar-refractivity contribution in [3.05, 3.63) is 169 Å². The molecule has 0 aliphatic carbocycles. The van der Waals surface area contributed by atoms with Crippen molar-refractivity contribution in [3.8, 4) is 51.2 Å². The van der Waals surface area contributed by atoms with E-state index in [1.807, 2.05) is 78.9 Å². The number of rotatable bonds is 5. The van der Waals surface area contributed by atoms with Crippen LogP contribution in [-0.4, -0.2) is 29.1 Å². The Bertz CT molecular complexity index is 3110. The van der Waals surface area contributed by atoms with E-state index in [1.165, 1.54) is 12.1 Å². The van der Waals surface area contributed by atoms with E-state index >= 15 is 17.6 Å². The number of benzene rings is 6. The molecule has 0 bridgehead atoms. The summed E-state index contributed by atoms with van der Waals surface area (Å²) < 4.78 is 79.7. The van der Waals surface area contributed by atoms with Crippen LogP contribution in [0, 0.1) is 40.4 Å². The molecule has 12 heteroatoms. The van der Waals surface area contributed by atoms with Gasteiger partial charge in [-0.1, -0.05) is 60.7 Å². The first-order valence-corrected chi connectivity index (χ1v) is 17.5. The predicted octanol–water partition coefficient (Wildman–Crippen LogP) is 11.0. The molecule has 0 amide bonds. The standard InChI is InChI=1S/C45H22F5N7/c46-40-39(41(47)43(49)44(50)42(40)48)26-20-37(56-33-8-3-1-6-27(33)29-12-10-24(18-35(29)56)32-23-52-16-17-53-32)31(22-51)38(21-26)57-34-9-4-2-7-28(34)30-13-11-25(19-36(30)57)45-54-14-5-15-55-45/h1-21,23H. The van der Waals surface area contributed by atoms with Gasteiger partial charge in [0.2, 0.25) is 5.82 Å². The van der Waals surface area contributed by atoms with Crippen molar-refractivity contribution in [1.29, 1.82) is 5.26 Å². The van der Waals surface area contributed by atoms with Gasteiger partial charge in [-0.2, -0.15) is 5.26 Å². The lowest BCUT2D eigenvalue weighted by Crippen LogP contribution is -2.08. The molecular weight excluding hydrogens is 734 g/mol. The first-order valence-electron chi connectivity index (χ1n) is 17.5. The van der Waals surface area contributed by atoms with Crippen molar-refractivity contribution in [3.63, 3.8) is 0 Å². The number of para-hydroxylation sites is 2. The van der Waals surface area contributed by atoms with E-state index in [2.05, 4.69) is 26.0 Å². The highest BCUT2D eigenvalue weighted by molar-refractivity contribution is 6.12. The van der Waals surface area contributed by atoms with Crippen LogP contribution >= 0.6 is 0 Å². The lowest BCUT2D eigenvalue weighted by molar-refractivity contribution is 0.381. The van der Waals surface area contributed by atoms with Gasteiger partial charge in [0.1, 0.15) is 11.6 Å². The summed E-state index contributed by atoms with van der Waals surface area (Å²) in [4.78, 5) is 17.5. The second-order valence-electron chi connectivity index (χ2n) is 13.3. The van der Waals surface area contributed by atoms with Crippen molar-refractivity contribution in [2.45, 2.75) is 0 Å². The minimum absolute atomic E-state index is 0.0548. The zero-order chi connectivity index (χ0) is 38.9. The van der Waals surface area contributed by atoms with Crippen LogP contribution in [0.3, 0.4) is 0 Å². The lowest BCUT2D eigenvalue weighted by atomic mass is 9.98. The molecule has 4 aromatic heterocycles. The summed E-state index contributed by atoms with van der Waals surface area (Å²) in [6, 6.07) is 32.6. The van der Waals surface area contributed by atoms with E-state index in [9.17, 15) is 9.65 Å². The van der Waals surface area contributed by atoms with Crippen LogP contribution in [0.15, 0.2) is 134 Å². The Labute approximate surface area is 319 Å². The molecule has 272 valence electrons. The Balaban J connectivity index is 1.38. The average Bonchev–Trinajstić information content (AvgIpc) is 3.77. The average molecular weight is 756 g/mol. The minimum Gasteiger partial charge on any atom is -0.308 e. The van der Waals surface area contributed by atoms with Gasteiger partial charge < -0.3 is 9.13 Å². The van der Waals surface area contributed by atoms with Crippen molar-refractivity contribution < 1.29 is 22.0 Å². The SMILES string of the molecule is N#Cc1c(-n2c3ccccc3c3ccc(-c4cnccn4)cc32)cc(-c2c(F)c(F)c(F)c(F)c2F)cc1-n1c2ccccc2c2ccc(-c3ncccn3)cc21. The van der Waals surface area contributed by atoms with Gasteiger partial charge in [0, 0.05) is 57.5 Å². The maximum Gasteiger partial charge on any atom is 0.200 e. The summed E-state index contributed by atoms with van der Waals surface area (Å²) in [7, 11) is 0. The highest BCUT2D eigenvalue weighted by Gasteiger charge is 2.30. The Hall–Kier alpha value is -7.78. The molecular formula is C45H22F5N7. The molecule has 0 radical (unpaired) electrons.